The Hall–Kier alpha value is -1.44. The SMILES string of the molecule is NC(=O)c1cccc(C2(O)CCCCC2)c1S(N)(=O)=O. The van der Waals surface area contributed by atoms with Crippen LogP contribution in [0, 0.1) is 0 Å². The average Bonchev–Trinajstić information content (AvgIpc) is 2.37. The maximum Gasteiger partial charge on any atom is 0.250 e. The van der Waals surface area contributed by atoms with Crippen LogP contribution in [-0.4, -0.2) is 19.4 Å². The minimum atomic E-state index is -4.16. The number of primary sulfonamides is 1. The van der Waals surface area contributed by atoms with Gasteiger partial charge in [-0.3, -0.25) is 4.79 Å². The first-order chi connectivity index (χ1) is 9.26. The summed E-state index contributed by atoms with van der Waals surface area (Å²) in [6.45, 7) is 0. The van der Waals surface area contributed by atoms with Crippen molar-refractivity contribution in [2.24, 2.45) is 10.9 Å². The fraction of sp³-hybridized carbons (Fsp3) is 0.462. The van der Waals surface area contributed by atoms with Gasteiger partial charge in [-0.2, -0.15) is 0 Å². The van der Waals surface area contributed by atoms with Gasteiger partial charge >= 0.3 is 0 Å². The fourth-order valence-corrected chi connectivity index (χ4v) is 3.85. The van der Waals surface area contributed by atoms with Crippen LogP contribution in [0.2, 0.25) is 0 Å². The van der Waals surface area contributed by atoms with Crippen LogP contribution in [-0.2, 0) is 15.6 Å². The maximum atomic E-state index is 11.8. The summed E-state index contributed by atoms with van der Waals surface area (Å²) in [5.41, 5.74) is 3.94. The van der Waals surface area contributed by atoms with Crippen LogP contribution in [0.3, 0.4) is 0 Å². The molecule has 0 aliphatic heterocycles. The highest BCUT2D eigenvalue weighted by Crippen LogP contribution is 2.40. The fourth-order valence-electron chi connectivity index (χ4n) is 2.81. The minimum absolute atomic E-state index is 0.177. The molecule has 1 aromatic rings. The molecule has 0 atom stereocenters. The topological polar surface area (TPSA) is 123 Å². The Morgan fingerprint density at radius 3 is 2.30 bits per heavy atom. The third-order valence-electron chi connectivity index (χ3n) is 3.75. The highest BCUT2D eigenvalue weighted by molar-refractivity contribution is 7.89. The van der Waals surface area contributed by atoms with Gasteiger partial charge in [-0.1, -0.05) is 31.4 Å². The molecule has 5 N–H and O–H groups in total. The summed E-state index contributed by atoms with van der Waals surface area (Å²) < 4.78 is 23.6. The van der Waals surface area contributed by atoms with Crippen molar-refractivity contribution >= 4 is 15.9 Å². The molecule has 1 fully saturated rings. The molecule has 6 nitrogen and oxygen atoms in total. The number of rotatable bonds is 3. The molecule has 7 heteroatoms. The molecule has 1 saturated carbocycles. The summed E-state index contributed by atoms with van der Waals surface area (Å²) >= 11 is 0. The van der Waals surface area contributed by atoms with E-state index in [1.54, 1.807) is 0 Å². The number of carbonyl (C=O) groups excluding carboxylic acids is 1. The van der Waals surface area contributed by atoms with Crippen molar-refractivity contribution in [2.75, 3.05) is 0 Å². The average molecular weight is 298 g/mol. The van der Waals surface area contributed by atoms with Gasteiger partial charge in [0.2, 0.25) is 15.9 Å². The summed E-state index contributed by atoms with van der Waals surface area (Å²) in [4.78, 5) is 11.1. The monoisotopic (exact) mass is 298 g/mol. The molecular weight excluding hydrogens is 280 g/mol. The van der Waals surface area contributed by atoms with Gasteiger partial charge in [-0.05, 0) is 18.9 Å². The van der Waals surface area contributed by atoms with Crippen molar-refractivity contribution < 1.29 is 18.3 Å². The predicted molar refractivity (Wildman–Crippen MR) is 73.3 cm³/mol. The van der Waals surface area contributed by atoms with E-state index in [0.717, 1.165) is 19.3 Å². The van der Waals surface area contributed by atoms with Gasteiger partial charge in [0.05, 0.1) is 11.2 Å². The maximum absolute atomic E-state index is 11.8. The van der Waals surface area contributed by atoms with Crippen molar-refractivity contribution in [3.05, 3.63) is 29.3 Å². The van der Waals surface area contributed by atoms with Crippen LogP contribution in [0.25, 0.3) is 0 Å². The molecule has 1 aromatic carbocycles. The minimum Gasteiger partial charge on any atom is -0.385 e. The third-order valence-corrected chi connectivity index (χ3v) is 4.76. The summed E-state index contributed by atoms with van der Waals surface area (Å²) in [6.07, 6.45) is 3.46. The normalized spacial score (nSPS) is 18.7. The molecule has 1 aliphatic carbocycles. The number of nitrogens with two attached hydrogens (primary N) is 2. The van der Waals surface area contributed by atoms with E-state index >= 15 is 0 Å². The largest absolute Gasteiger partial charge is 0.385 e. The van der Waals surface area contributed by atoms with Gasteiger partial charge in [0.25, 0.3) is 0 Å². The van der Waals surface area contributed by atoms with Crippen molar-refractivity contribution in [2.45, 2.75) is 42.6 Å². The molecule has 0 heterocycles. The van der Waals surface area contributed by atoms with Gasteiger partial charge in [0, 0.05) is 5.56 Å². The van der Waals surface area contributed by atoms with Crippen LogP contribution < -0.4 is 10.9 Å². The lowest BCUT2D eigenvalue weighted by molar-refractivity contribution is -0.00327. The number of benzene rings is 1. The highest BCUT2D eigenvalue weighted by atomic mass is 32.2. The Labute approximate surface area is 117 Å². The molecule has 0 spiro atoms. The lowest BCUT2D eigenvalue weighted by Gasteiger charge is -2.34. The smallest absolute Gasteiger partial charge is 0.250 e. The van der Waals surface area contributed by atoms with Crippen LogP contribution >= 0.6 is 0 Å². The van der Waals surface area contributed by atoms with Gasteiger partial charge in [0.1, 0.15) is 4.90 Å². The zero-order valence-corrected chi connectivity index (χ0v) is 11.8. The standard InChI is InChI=1S/C13H18N2O4S/c14-12(16)9-5-4-6-10(11(9)20(15,18)19)13(17)7-2-1-3-8-13/h4-6,17H,1-3,7-8H2,(H2,14,16)(H2,15,18,19). The second-order valence-electron chi connectivity index (χ2n) is 5.18. The molecule has 110 valence electrons. The van der Waals surface area contributed by atoms with E-state index in [9.17, 15) is 18.3 Å². The number of amides is 1. The predicted octanol–water partition coefficient (Wildman–Crippen LogP) is 0.585. The molecule has 0 unspecified atom stereocenters. The zero-order chi connectivity index (χ0) is 15.0. The number of hydrogen-bond acceptors (Lipinski definition) is 4. The van der Waals surface area contributed by atoms with Crippen molar-refractivity contribution in [1.29, 1.82) is 0 Å². The quantitative estimate of drug-likeness (QED) is 0.755. The first-order valence-corrected chi connectivity index (χ1v) is 7.99. The molecule has 20 heavy (non-hydrogen) atoms. The molecule has 0 aromatic heterocycles. The number of hydrogen-bond donors (Lipinski definition) is 3. The number of sulfonamides is 1. The van der Waals surface area contributed by atoms with E-state index in [1.165, 1.54) is 18.2 Å². The molecule has 0 radical (unpaired) electrons. The first kappa shape index (κ1) is 15.0. The summed E-state index contributed by atoms with van der Waals surface area (Å²) in [5, 5.41) is 15.9. The second kappa shape index (κ2) is 5.16. The van der Waals surface area contributed by atoms with Gasteiger partial charge in [-0.15, -0.1) is 0 Å². The van der Waals surface area contributed by atoms with Crippen LogP contribution in [0.5, 0.6) is 0 Å². The van der Waals surface area contributed by atoms with E-state index in [0.29, 0.717) is 12.8 Å². The number of carbonyl (C=O) groups is 1. The molecule has 1 amide bonds. The second-order valence-corrected chi connectivity index (χ2v) is 6.68. The molecule has 0 saturated heterocycles. The Bertz CT molecular complexity index is 634. The van der Waals surface area contributed by atoms with Gasteiger partial charge in [-0.25, -0.2) is 13.6 Å². The Morgan fingerprint density at radius 1 is 1.20 bits per heavy atom. The Kier molecular flexibility index (Phi) is 3.86. The van der Waals surface area contributed by atoms with Gasteiger partial charge in [0.15, 0.2) is 0 Å². The Morgan fingerprint density at radius 2 is 1.80 bits per heavy atom. The molecule has 2 rings (SSSR count). The molecule has 1 aliphatic rings. The summed E-state index contributed by atoms with van der Waals surface area (Å²) in [7, 11) is -4.16. The van der Waals surface area contributed by atoms with Crippen LogP contribution in [0.15, 0.2) is 23.1 Å². The third kappa shape index (κ3) is 2.70. The highest BCUT2D eigenvalue weighted by Gasteiger charge is 2.37. The van der Waals surface area contributed by atoms with E-state index in [-0.39, 0.29) is 16.0 Å². The van der Waals surface area contributed by atoms with Crippen molar-refractivity contribution in [3.63, 3.8) is 0 Å². The summed E-state index contributed by atoms with van der Waals surface area (Å²) in [5.74, 6) is -0.879. The molecule has 0 bridgehead atoms. The van der Waals surface area contributed by atoms with Crippen LogP contribution in [0.4, 0.5) is 0 Å². The lowest BCUT2D eigenvalue weighted by atomic mass is 9.79. The van der Waals surface area contributed by atoms with Crippen molar-refractivity contribution in [3.8, 4) is 0 Å². The summed E-state index contributed by atoms with van der Waals surface area (Å²) in [6, 6.07) is 4.31. The van der Waals surface area contributed by atoms with E-state index in [1.807, 2.05) is 0 Å². The number of aliphatic hydroxyl groups is 1. The lowest BCUT2D eigenvalue weighted by Crippen LogP contribution is -2.33. The van der Waals surface area contributed by atoms with Gasteiger partial charge < -0.3 is 10.8 Å². The van der Waals surface area contributed by atoms with Crippen molar-refractivity contribution in [1.82, 2.24) is 0 Å². The van der Waals surface area contributed by atoms with E-state index in [2.05, 4.69) is 0 Å². The van der Waals surface area contributed by atoms with Crippen LogP contribution in [0.1, 0.15) is 48.0 Å². The van der Waals surface area contributed by atoms with E-state index in [4.69, 9.17) is 10.9 Å². The Balaban J connectivity index is 2.70. The number of primary amides is 1. The van der Waals surface area contributed by atoms with E-state index < -0.39 is 21.5 Å². The molecular formula is C13H18N2O4S. The zero-order valence-electron chi connectivity index (χ0n) is 11.0. The first-order valence-electron chi connectivity index (χ1n) is 6.44.